The largest absolute Gasteiger partial charge is 0.350 e. The lowest BCUT2D eigenvalue weighted by Crippen LogP contribution is -2.48. The van der Waals surface area contributed by atoms with Crippen molar-refractivity contribution in [1.82, 2.24) is 24.1 Å². The van der Waals surface area contributed by atoms with E-state index in [0.29, 0.717) is 43.2 Å². The molecule has 4 rings (SSSR count). The molecule has 1 aliphatic rings. The van der Waals surface area contributed by atoms with Crippen LogP contribution in [0, 0.1) is 6.92 Å². The van der Waals surface area contributed by atoms with Crippen molar-refractivity contribution < 1.29 is 13.2 Å². The van der Waals surface area contributed by atoms with Gasteiger partial charge < -0.3 is 9.88 Å². The number of rotatable bonds is 6. The van der Waals surface area contributed by atoms with E-state index in [-0.39, 0.29) is 11.9 Å². The van der Waals surface area contributed by atoms with E-state index in [1.54, 1.807) is 16.4 Å². The normalized spacial score (nSPS) is 15.9. The fourth-order valence-electron chi connectivity index (χ4n) is 4.19. The van der Waals surface area contributed by atoms with Crippen molar-refractivity contribution >= 4 is 27.0 Å². The van der Waals surface area contributed by atoms with Gasteiger partial charge in [0.2, 0.25) is 10.0 Å². The molecule has 0 radical (unpaired) electrons. The van der Waals surface area contributed by atoms with Crippen LogP contribution < -0.4 is 5.32 Å². The Bertz CT molecular complexity index is 1270. The second-order valence-electron chi connectivity index (χ2n) is 8.86. The summed E-state index contributed by atoms with van der Waals surface area (Å²) in [6, 6.07) is 12.7. The molecule has 9 heteroatoms. The molecule has 1 saturated heterocycles. The summed E-state index contributed by atoms with van der Waals surface area (Å²) < 4.78 is 29.7. The van der Waals surface area contributed by atoms with Crippen LogP contribution in [0.15, 0.2) is 47.4 Å². The standard InChI is InChI=1S/C24H31N5O3S/c1-17(2)25-24(30)19-9-10-21-20(15-19)26-23(27(21)4)16-28-11-13-29(14-12-28)33(31,32)22-8-6-5-7-18(22)3/h5-10,15,17H,11-14,16H2,1-4H3,(H,25,30). The van der Waals surface area contributed by atoms with Crippen LogP contribution in [0.4, 0.5) is 0 Å². The monoisotopic (exact) mass is 469 g/mol. The number of sulfonamides is 1. The summed E-state index contributed by atoms with van der Waals surface area (Å²) in [5.74, 6) is 0.784. The molecule has 1 amide bonds. The summed E-state index contributed by atoms with van der Waals surface area (Å²) in [6.45, 7) is 8.47. The van der Waals surface area contributed by atoms with Crippen molar-refractivity contribution in [2.75, 3.05) is 26.2 Å². The van der Waals surface area contributed by atoms with Gasteiger partial charge in [-0.15, -0.1) is 0 Å². The molecule has 8 nitrogen and oxygen atoms in total. The van der Waals surface area contributed by atoms with Crippen molar-refractivity contribution in [2.24, 2.45) is 7.05 Å². The Balaban J connectivity index is 1.45. The Morgan fingerprint density at radius 3 is 2.45 bits per heavy atom. The van der Waals surface area contributed by atoms with Crippen LogP contribution in [0.3, 0.4) is 0 Å². The van der Waals surface area contributed by atoms with E-state index in [2.05, 4.69) is 10.2 Å². The van der Waals surface area contributed by atoms with E-state index >= 15 is 0 Å². The fourth-order valence-corrected chi connectivity index (χ4v) is 5.84. The predicted octanol–water partition coefficient (Wildman–Crippen LogP) is 2.53. The number of amides is 1. The first-order valence-electron chi connectivity index (χ1n) is 11.2. The quantitative estimate of drug-likeness (QED) is 0.600. The number of fused-ring (bicyclic) bond motifs is 1. The number of imidazole rings is 1. The lowest BCUT2D eigenvalue weighted by molar-refractivity contribution is 0.0943. The molecule has 0 spiro atoms. The third kappa shape index (κ3) is 4.80. The summed E-state index contributed by atoms with van der Waals surface area (Å²) >= 11 is 0. The molecule has 1 aliphatic heterocycles. The Morgan fingerprint density at radius 2 is 1.79 bits per heavy atom. The van der Waals surface area contributed by atoms with Crippen LogP contribution in [-0.2, 0) is 23.6 Å². The summed E-state index contributed by atoms with van der Waals surface area (Å²) in [5.41, 5.74) is 3.11. The van der Waals surface area contributed by atoms with Gasteiger partial charge in [0.1, 0.15) is 5.82 Å². The van der Waals surface area contributed by atoms with Gasteiger partial charge in [-0.05, 0) is 50.6 Å². The molecule has 0 bridgehead atoms. The van der Waals surface area contributed by atoms with Crippen LogP contribution in [0.2, 0.25) is 0 Å². The molecule has 33 heavy (non-hydrogen) atoms. The highest BCUT2D eigenvalue weighted by atomic mass is 32.2. The molecular weight excluding hydrogens is 438 g/mol. The van der Waals surface area contributed by atoms with Gasteiger partial charge in [0, 0.05) is 44.8 Å². The van der Waals surface area contributed by atoms with E-state index in [1.165, 1.54) is 0 Å². The number of hydrogen-bond acceptors (Lipinski definition) is 5. The molecular formula is C24H31N5O3S. The number of aromatic nitrogens is 2. The molecule has 2 heterocycles. The molecule has 0 atom stereocenters. The van der Waals surface area contributed by atoms with Crippen LogP contribution in [0.5, 0.6) is 0 Å². The van der Waals surface area contributed by atoms with Gasteiger partial charge in [-0.2, -0.15) is 4.31 Å². The smallest absolute Gasteiger partial charge is 0.251 e. The molecule has 176 valence electrons. The first-order valence-corrected chi connectivity index (χ1v) is 12.6. The van der Waals surface area contributed by atoms with Gasteiger partial charge in [0.15, 0.2) is 0 Å². The minimum absolute atomic E-state index is 0.0702. The second-order valence-corrected chi connectivity index (χ2v) is 10.8. The maximum atomic E-state index is 13.1. The Kier molecular flexibility index (Phi) is 6.56. The van der Waals surface area contributed by atoms with Crippen molar-refractivity contribution in [3.8, 4) is 0 Å². The SMILES string of the molecule is Cc1ccccc1S(=O)(=O)N1CCN(Cc2nc3cc(C(=O)NC(C)C)ccc3n2C)CC1. The fraction of sp³-hybridized carbons (Fsp3) is 0.417. The van der Waals surface area contributed by atoms with Crippen LogP contribution >= 0.6 is 0 Å². The number of carbonyl (C=O) groups is 1. The van der Waals surface area contributed by atoms with Crippen molar-refractivity contribution in [2.45, 2.75) is 38.3 Å². The van der Waals surface area contributed by atoms with E-state index < -0.39 is 10.0 Å². The number of carbonyl (C=O) groups excluding carboxylic acids is 1. The molecule has 0 saturated carbocycles. The molecule has 1 aromatic heterocycles. The van der Waals surface area contributed by atoms with E-state index in [0.717, 1.165) is 22.4 Å². The van der Waals surface area contributed by atoms with E-state index in [4.69, 9.17) is 4.98 Å². The molecule has 0 aliphatic carbocycles. The molecule has 0 unspecified atom stereocenters. The van der Waals surface area contributed by atoms with E-state index in [9.17, 15) is 13.2 Å². The molecule has 3 aromatic rings. The molecule has 1 N–H and O–H groups in total. The number of aryl methyl sites for hydroxylation is 2. The van der Waals surface area contributed by atoms with Gasteiger partial charge in [-0.1, -0.05) is 18.2 Å². The maximum absolute atomic E-state index is 13.1. The first-order chi connectivity index (χ1) is 15.7. The highest BCUT2D eigenvalue weighted by molar-refractivity contribution is 7.89. The van der Waals surface area contributed by atoms with Gasteiger partial charge >= 0.3 is 0 Å². The number of nitrogens with one attached hydrogen (secondary N) is 1. The second kappa shape index (κ2) is 9.24. The minimum atomic E-state index is -3.49. The summed E-state index contributed by atoms with van der Waals surface area (Å²) in [6.07, 6.45) is 0. The number of benzene rings is 2. The number of nitrogens with zero attached hydrogens (tertiary/aromatic N) is 4. The van der Waals surface area contributed by atoms with Gasteiger partial charge in [0.05, 0.1) is 22.5 Å². The average molecular weight is 470 g/mol. The lowest BCUT2D eigenvalue weighted by atomic mass is 10.2. The third-order valence-electron chi connectivity index (χ3n) is 6.06. The van der Waals surface area contributed by atoms with E-state index in [1.807, 2.05) is 62.7 Å². The first kappa shape index (κ1) is 23.4. The van der Waals surface area contributed by atoms with Crippen molar-refractivity contribution in [3.63, 3.8) is 0 Å². The van der Waals surface area contributed by atoms with Crippen LogP contribution in [-0.4, -0.2) is 65.3 Å². The topological polar surface area (TPSA) is 87.5 Å². The zero-order valence-electron chi connectivity index (χ0n) is 19.6. The minimum Gasteiger partial charge on any atom is -0.350 e. The third-order valence-corrected chi connectivity index (χ3v) is 8.12. The molecule has 1 fully saturated rings. The van der Waals surface area contributed by atoms with Crippen LogP contribution in [0.1, 0.15) is 35.6 Å². The van der Waals surface area contributed by atoms with Gasteiger partial charge in [-0.3, -0.25) is 9.69 Å². The maximum Gasteiger partial charge on any atom is 0.251 e. The van der Waals surface area contributed by atoms with Crippen molar-refractivity contribution in [3.05, 3.63) is 59.4 Å². The highest BCUT2D eigenvalue weighted by Gasteiger charge is 2.29. The molecule has 2 aromatic carbocycles. The van der Waals surface area contributed by atoms with Crippen molar-refractivity contribution in [1.29, 1.82) is 0 Å². The van der Waals surface area contributed by atoms with Gasteiger partial charge in [0.25, 0.3) is 5.91 Å². The van der Waals surface area contributed by atoms with Crippen LogP contribution in [0.25, 0.3) is 11.0 Å². The number of piperazine rings is 1. The summed E-state index contributed by atoms with van der Waals surface area (Å²) in [7, 11) is -1.52. The Morgan fingerprint density at radius 1 is 1.09 bits per heavy atom. The lowest BCUT2D eigenvalue weighted by Gasteiger charge is -2.34. The van der Waals surface area contributed by atoms with Gasteiger partial charge in [-0.25, -0.2) is 13.4 Å². The average Bonchev–Trinajstić information content (AvgIpc) is 3.08. The number of hydrogen-bond donors (Lipinski definition) is 1. The summed E-state index contributed by atoms with van der Waals surface area (Å²) in [5, 5.41) is 2.91. The summed E-state index contributed by atoms with van der Waals surface area (Å²) in [4.78, 5) is 19.7. The zero-order chi connectivity index (χ0) is 23.8. The predicted molar refractivity (Wildman–Crippen MR) is 129 cm³/mol. The Labute approximate surface area is 195 Å². The zero-order valence-corrected chi connectivity index (χ0v) is 20.4. The highest BCUT2D eigenvalue weighted by Crippen LogP contribution is 2.22. The Hall–Kier alpha value is -2.75.